The van der Waals surface area contributed by atoms with Crippen LogP contribution in [-0.2, 0) is 30.4 Å². The van der Waals surface area contributed by atoms with Crippen molar-refractivity contribution < 1.29 is 33.6 Å². The average Bonchev–Trinajstić information content (AvgIpc) is 3.60. The molecule has 0 bridgehead atoms. The van der Waals surface area contributed by atoms with Crippen molar-refractivity contribution in [3.63, 3.8) is 0 Å². The van der Waals surface area contributed by atoms with Gasteiger partial charge in [-0.3, -0.25) is 20.4 Å². The minimum Gasteiger partial charge on any atom is -0.466 e. The number of amidine groups is 1. The van der Waals surface area contributed by atoms with Crippen LogP contribution in [-0.4, -0.2) is 68.3 Å². The number of alkyl carbamates (subject to hydrolysis) is 1. The Morgan fingerprint density at radius 2 is 1.90 bits per heavy atom. The predicted octanol–water partition coefficient (Wildman–Crippen LogP) is 0.0800. The van der Waals surface area contributed by atoms with E-state index in [0.717, 1.165) is 5.56 Å². The number of benzene rings is 1. The normalized spacial score (nSPS) is 19.0. The van der Waals surface area contributed by atoms with Gasteiger partial charge in [0.1, 0.15) is 18.6 Å². The molecule has 0 aromatic heterocycles. The van der Waals surface area contributed by atoms with E-state index in [9.17, 15) is 14.4 Å². The summed E-state index contributed by atoms with van der Waals surface area (Å²) < 4.78 is 16.2. The molecule has 0 spiro atoms. The first kappa shape index (κ1) is 31.6. The molecule has 0 saturated heterocycles. The zero-order valence-electron chi connectivity index (χ0n) is 23.0. The molecule has 2 atom stereocenters. The smallest absolute Gasteiger partial charge is 0.407 e. The topological polar surface area (TPSA) is 194 Å². The molecule has 0 aliphatic heterocycles. The maximum absolute atomic E-state index is 12.5. The first-order valence-corrected chi connectivity index (χ1v) is 13.1. The van der Waals surface area contributed by atoms with Gasteiger partial charge in [0.15, 0.2) is 0 Å². The molecule has 1 fully saturated rings. The summed E-state index contributed by atoms with van der Waals surface area (Å²) >= 11 is 0. The third kappa shape index (κ3) is 11.0. The van der Waals surface area contributed by atoms with Gasteiger partial charge in [-0.15, -0.1) is 0 Å². The monoisotopic (exact) mass is 548 g/mol. The molecule has 2 amide bonds. The molecule has 1 saturated carbocycles. The first-order valence-electron chi connectivity index (χ1n) is 13.1. The van der Waals surface area contributed by atoms with Crippen LogP contribution in [0.25, 0.3) is 0 Å². The third-order valence-corrected chi connectivity index (χ3v) is 6.09. The number of amides is 2. The zero-order chi connectivity index (χ0) is 28.7. The van der Waals surface area contributed by atoms with Gasteiger partial charge in [0, 0.05) is 24.2 Å². The van der Waals surface area contributed by atoms with E-state index in [-0.39, 0.29) is 37.7 Å². The standard InChI is InChI=1S/C26H41N7O6/c1-4-21(34)38-14-9-8-12-30-24(36)39-15-13-29-22(32-33-28)26(16-20(26)31-23(35)25(2,3)27)18-37-17-19-10-6-5-7-11-19/h5-7,10-11,20H,4,8-9,12-18,27H2,1-3H3,(H,30,36)(H,31,35)(H2,28,29,32)/p+1/t20?,26-/m0/s1. The summed E-state index contributed by atoms with van der Waals surface area (Å²) in [6, 6.07) is 9.42. The number of nitrogens with zero attached hydrogens (tertiary/aromatic N) is 2. The zero-order valence-corrected chi connectivity index (χ0v) is 23.0. The quantitative estimate of drug-likeness (QED) is 0.0364. The Morgan fingerprint density at radius 3 is 2.56 bits per heavy atom. The van der Waals surface area contributed by atoms with Crippen molar-refractivity contribution in [2.45, 2.75) is 64.6 Å². The number of rotatable bonds is 16. The van der Waals surface area contributed by atoms with Crippen molar-refractivity contribution in [3.05, 3.63) is 35.9 Å². The highest BCUT2D eigenvalue weighted by atomic mass is 16.5. The van der Waals surface area contributed by atoms with Gasteiger partial charge in [-0.05, 0) is 38.7 Å². The van der Waals surface area contributed by atoms with Crippen LogP contribution in [0.3, 0.4) is 0 Å². The molecule has 1 aromatic rings. The highest BCUT2D eigenvalue weighted by Gasteiger charge is 2.64. The van der Waals surface area contributed by atoms with Crippen molar-refractivity contribution in [2.75, 3.05) is 32.9 Å². The summed E-state index contributed by atoms with van der Waals surface area (Å²) in [5.74, 6) is 5.26. The summed E-state index contributed by atoms with van der Waals surface area (Å²) in [6.07, 6.45) is 1.61. The lowest BCUT2D eigenvalue weighted by molar-refractivity contribution is -0.464. The molecule has 2 rings (SSSR count). The number of esters is 1. The molecule has 1 aromatic carbocycles. The minimum absolute atomic E-state index is 0.0529. The van der Waals surface area contributed by atoms with Gasteiger partial charge >= 0.3 is 17.9 Å². The number of hydrogen-bond donors (Lipinski definition) is 5. The second kappa shape index (κ2) is 15.7. The van der Waals surface area contributed by atoms with Crippen molar-refractivity contribution in [2.24, 2.45) is 27.3 Å². The average molecular weight is 549 g/mol. The van der Waals surface area contributed by atoms with E-state index in [1.807, 2.05) is 30.3 Å². The van der Waals surface area contributed by atoms with E-state index in [1.54, 1.807) is 20.8 Å². The highest BCUT2D eigenvalue weighted by Crippen LogP contribution is 2.47. The van der Waals surface area contributed by atoms with Gasteiger partial charge in [0.2, 0.25) is 5.91 Å². The van der Waals surface area contributed by atoms with E-state index >= 15 is 0 Å². The van der Waals surface area contributed by atoms with Crippen molar-refractivity contribution in [3.8, 4) is 0 Å². The Kier molecular flexibility index (Phi) is 12.8. The molecular formula is C26H42N7O6+. The Morgan fingerprint density at radius 1 is 1.15 bits per heavy atom. The fraction of sp³-hybridized carbons (Fsp3) is 0.615. The Bertz CT molecular complexity index is 996. The van der Waals surface area contributed by atoms with Crippen molar-refractivity contribution >= 4 is 23.8 Å². The third-order valence-electron chi connectivity index (χ3n) is 6.09. The van der Waals surface area contributed by atoms with Crippen molar-refractivity contribution in [1.82, 2.24) is 10.6 Å². The lowest BCUT2D eigenvalue weighted by Crippen LogP contribution is -2.76. The molecular weight excluding hydrogens is 506 g/mol. The number of unbranched alkanes of at least 4 members (excludes halogenated alkanes) is 1. The van der Waals surface area contributed by atoms with E-state index in [1.165, 1.54) is 0 Å². The largest absolute Gasteiger partial charge is 0.466 e. The van der Waals surface area contributed by atoms with E-state index in [4.69, 9.17) is 25.8 Å². The van der Waals surface area contributed by atoms with Gasteiger partial charge in [0.25, 0.3) is 0 Å². The summed E-state index contributed by atoms with van der Waals surface area (Å²) in [5, 5.41) is 13.1. The molecule has 13 nitrogen and oxygen atoms in total. The molecule has 7 N–H and O–H groups in total. The van der Waals surface area contributed by atoms with E-state index in [2.05, 4.69) is 26.0 Å². The van der Waals surface area contributed by atoms with E-state index in [0.29, 0.717) is 51.3 Å². The summed E-state index contributed by atoms with van der Waals surface area (Å²) in [5.41, 5.74) is 5.22. The molecule has 216 valence electrons. The van der Waals surface area contributed by atoms with Crippen LogP contribution < -0.4 is 27.2 Å². The Hall–Kier alpha value is -3.58. The molecule has 0 heterocycles. The van der Waals surface area contributed by atoms with Crippen LogP contribution in [0.4, 0.5) is 4.79 Å². The second-order valence-electron chi connectivity index (χ2n) is 9.92. The van der Waals surface area contributed by atoms with Gasteiger partial charge in [0.05, 0.1) is 30.5 Å². The molecule has 1 aliphatic carbocycles. The lowest BCUT2D eigenvalue weighted by Gasteiger charge is -2.19. The number of hydrogen-bond acceptors (Lipinski definition) is 8. The van der Waals surface area contributed by atoms with Gasteiger partial charge in [-0.25, -0.2) is 4.79 Å². The van der Waals surface area contributed by atoms with Crippen LogP contribution in [0.1, 0.15) is 52.0 Å². The van der Waals surface area contributed by atoms with Crippen LogP contribution in [0, 0.1) is 5.41 Å². The van der Waals surface area contributed by atoms with Gasteiger partial charge < -0.3 is 30.6 Å². The number of carbonyl (C=O) groups excluding carboxylic acids is 3. The Labute approximate surface area is 229 Å². The van der Waals surface area contributed by atoms with Gasteiger partial charge in [-0.1, -0.05) is 37.3 Å². The summed E-state index contributed by atoms with van der Waals surface area (Å²) in [6.45, 7) is 6.62. The summed E-state index contributed by atoms with van der Waals surface area (Å²) in [7, 11) is 0. The SMILES string of the molecule is CCC(=O)OCCCCNC(=O)OCC[NH+]=C(N=NN)[C@]1(COCc2ccccc2)CC1NC(=O)C(C)(C)N. The van der Waals surface area contributed by atoms with Crippen LogP contribution in [0.15, 0.2) is 40.7 Å². The number of nitrogens with one attached hydrogen (secondary N) is 3. The van der Waals surface area contributed by atoms with Gasteiger partial charge in [-0.2, -0.15) is 0 Å². The van der Waals surface area contributed by atoms with Crippen LogP contribution >= 0.6 is 0 Å². The predicted molar refractivity (Wildman–Crippen MR) is 143 cm³/mol. The maximum Gasteiger partial charge on any atom is 0.407 e. The molecule has 39 heavy (non-hydrogen) atoms. The van der Waals surface area contributed by atoms with Crippen LogP contribution in [0.5, 0.6) is 0 Å². The van der Waals surface area contributed by atoms with Crippen molar-refractivity contribution in [1.29, 1.82) is 0 Å². The molecule has 1 unspecified atom stereocenters. The maximum atomic E-state index is 12.5. The highest BCUT2D eigenvalue weighted by molar-refractivity contribution is 5.91. The van der Waals surface area contributed by atoms with Crippen LogP contribution in [0.2, 0.25) is 0 Å². The second-order valence-corrected chi connectivity index (χ2v) is 9.92. The Balaban J connectivity index is 1.90. The lowest BCUT2D eigenvalue weighted by atomic mass is 10.0. The van der Waals surface area contributed by atoms with E-state index < -0.39 is 17.0 Å². The number of nitrogens with two attached hydrogens (primary N) is 2. The molecule has 1 aliphatic rings. The number of carbonyl (C=O) groups is 3. The number of ether oxygens (including phenoxy) is 3. The molecule has 13 heteroatoms. The fourth-order valence-corrected chi connectivity index (χ4v) is 3.69. The summed E-state index contributed by atoms with van der Waals surface area (Å²) in [4.78, 5) is 38.7. The fourth-order valence-electron chi connectivity index (χ4n) is 3.69. The molecule has 0 radical (unpaired) electrons. The first-order chi connectivity index (χ1) is 18.6. The minimum atomic E-state index is -1.05.